The van der Waals surface area contributed by atoms with Crippen LogP contribution in [0.2, 0.25) is 0 Å². The van der Waals surface area contributed by atoms with Crippen molar-refractivity contribution in [1.29, 1.82) is 0 Å². The van der Waals surface area contributed by atoms with Gasteiger partial charge in [0.25, 0.3) is 0 Å². The Balaban J connectivity index is 1.88. The lowest BCUT2D eigenvalue weighted by molar-refractivity contribution is 0.0505. The van der Waals surface area contributed by atoms with Gasteiger partial charge < -0.3 is 14.8 Å². The second kappa shape index (κ2) is 8.03. The van der Waals surface area contributed by atoms with Gasteiger partial charge in [-0.05, 0) is 56.4 Å². The van der Waals surface area contributed by atoms with Crippen LogP contribution in [0.5, 0.6) is 0 Å². The van der Waals surface area contributed by atoms with Crippen LogP contribution in [0.3, 0.4) is 0 Å². The van der Waals surface area contributed by atoms with Gasteiger partial charge >= 0.3 is 5.97 Å². The maximum absolute atomic E-state index is 11.7. The topological polar surface area (TPSA) is 47.6 Å². The van der Waals surface area contributed by atoms with Crippen LogP contribution in [0.15, 0.2) is 24.3 Å². The smallest absolute Gasteiger partial charge is 0.338 e. The van der Waals surface area contributed by atoms with E-state index in [0.717, 1.165) is 24.9 Å². The molecule has 0 bridgehead atoms. The second-order valence-corrected chi connectivity index (χ2v) is 5.58. The minimum absolute atomic E-state index is 0.250. The van der Waals surface area contributed by atoms with Crippen LogP contribution in [-0.4, -0.2) is 31.8 Å². The quantitative estimate of drug-likeness (QED) is 0.813. The van der Waals surface area contributed by atoms with Gasteiger partial charge in [-0.1, -0.05) is 6.92 Å². The van der Waals surface area contributed by atoms with Crippen molar-refractivity contribution < 1.29 is 14.3 Å². The minimum Gasteiger partial charge on any atom is -0.462 e. The van der Waals surface area contributed by atoms with E-state index in [1.807, 2.05) is 31.2 Å². The molecular formula is C17H25NO3. The lowest BCUT2D eigenvalue weighted by Gasteiger charge is -2.29. The maximum Gasteiger partial charge on any atom is 0.338 e. The van der Waals surface area contributed by atoms with E-state index in [9.17, 15) is 4.79 Å². The van der Waals surface area contributed by atoms with Gasteiger partial charge in [0, 0.05) is 18.8 Å². The van der Waals surface area contributed by atoms with E-state index >= 15 is 0 Å². The predicted octanol–water partition coefficient (Wildman–Crippen LogP) is 3.62. The number of carbonyl (C=O) groups excluding carboxylic acids is 1. The first-order chi connectivity index (χ1) is 10.2. The van der Waals surface area contributed by atoms with Gasteiger partial charge in [-0.15, -0.1) is 0 Å². The Labute approximate surface area is 126 Å². The normalized spacial score (nSPS) is 21.8. The van der Waals surface area contributed by atoms with Crippen LogP contribution in [0.1, 0.15) is 49.4 Å². The van der Waals surface area contributed by atoms with Crippen molar-refractivity contribution in [2.24, 2.45) is 0 Å². The Kier molecular flexibility index (Phi) is 6.05. The number of nitrogens with one attached hydrogen (secondary N) is 1. The average molecular weight is 291 g/mol. The van der Waals surface area contributed by atoms with Crippen molar-refractivity contribution in [2.45, 2.75) is 51.2 Å². The van der Waals surface area contributed by atoms with Crippen molar-refractivity contribution >= 4 is 11.7 Å². The van der Waals surface area contributed by atoms with E-state index in [-0.39, 0.29) is 5.97 Å². The highest BCUT2D eigenvalue weighted by molar-refractivity contribution is 5.89. The Morgan fingerprint density at radius 2 is 2.05 bits per heavy atom. The second-order valence-electron chi connectivity index (χ2n) is 5.58. The fourth-order valence-electron chi connectivity index (χ4n) is 2.71. The highest BCUT2D eigenvalue weighted by Gasteiger charge is 2.21. The number of carbonyl (C=O) groups is 1. The number of hydrogen-bond acceptors (Lipinski definition) is 4. The van der Waals surface area contributed by atoms with E-state index in [1.165, 1.54) is 12.8 Å². The molecule has 0 radical (unpaired) electrons. The number of anilines is 1. The molecule has 0 spiro atoms. The van der Waals surface area contributed by atoms with Gasteiger partial charge in [0.1, 0.15) is 0 Å². The first-order valence-electron chi connectivity index (χ1n) is 7.79. The maximum atomic E-state index is 11.7. The molecule has 2 rings (SSSR count). The molecule has 0 aliphatic heterocycles. The van der Waals surface area contributed by atoms with Crippen LogP contribution in [0.25, 0.3) is 0 Å². The highest BCUT2D eigenvalue weighted by atomic mass is 16.5. The molecule has 0 saturated heterocycles. The molecule has 4 nitrogen and oxygen atoms in total. The van der Waals surface area contributed by atoms with Crippen molar-refractivity contribution in [3.8, 4) is 0 Å². The molecule has 21 heavy (non-hydrogen) atoms. The summed E-state index contributed by atoms with van der Waals surface area (Å²) in [6.45, 7) is 2.46. The zero-order valence-electron chi connectivity index (χ0n) is 12.9. The Hall–Kier alpha value is -1.55. The minimum atomic E-state index is -0.250. The number of hydrogen-bond donors (Lipinski definition) is 1. The van der Waals surface area contributed by atoms with Crippen molar-refractivity contribution in [2.75, 3.05) is 19.0 Å². The first kappa shape index (κ1) is 15.8. The molecule has 0 aromatic heterocycles. The lowest BCUT2D eigenvalue weighted by atomic mass is 9.92. The van der Waals surface area contributed by atoms with Gasteiger partial charge in [-0.3, -0.25) is 0 Å². The van der Waals surface area contributed by atoms with E-state index in [0.29, 0.717) is 24.3 Å². The Morgan fingerprint density at radius 1 is 1.29 bits per heavy atom. The summed E-state index contributed by atoms with van der Waals surface area (Å²) in [5.41, 5.74) is 1.65. The van der Waals surface area contributed by atoms with E-state index in [4.69, 9.17) is 9.47 Å². The summed E-state index contributed by atoms with van der Waals surface area (Å²) in [4.78, 5) is 11.7. The van der Waals surface area contributed by atoms with Crippen molar-refractivity contribution in [3.05, 3.63) is 29.8 Å². The molecular weight excluding hydrogens is 266 g/mol. The summed E-state index contributed by atoms with van der Waals surface area (Å²) in [6, 6.07) is 7.97. The van der Waals surface area contributed by atoms with Crippen LogP contribution < -0.4 is 5.32 Å². The molecule has 2 atom stereocenters. The first-order valence-corrected chi connectivity index (χ1v) is 7.79. The third-order valence-electron chi connectivity index (χ3n) is 3.89. The standard InChI is InChI=1S/C17H25NO3/c1-3-11-21-17(19)13-7-9-14(10-8-13)18-15-5-4-6-16(12-15)20-2/h7-10,15-16,18H,3-6,11-12H2,1-2H3. The molecule has 1 fully saturated rings. The fourth-order valence-corrected chi connectivity index (χ4v) is 2.71. The molecule has 4 heteroatoms. The lowest BCUT2D eigenvalue weighted by Crippen LogP contribution is -2.30. The molecule has 1 aromatic rings. The van der Waals surface area contributed by atoms with E-state index in [1.54, 1.807) is 7.11 Å². The van der Waals surface area contributed by atoms with Crippen LogP contribution in [0.4, 0.5) is 5.69 Å². The number of rotatable bonds is 6. The predicted molar refractivity (Wildman–Crippen MR) is 83.7 cm³/mol. The molecule has 2 unspecified atom stereocenters. The Morgan fingerprint density at radius 3 is 2.71 bits per heavy atom. The average Bonchev–Trinajstić information content (AvgIpc) is 2.53. The number of ether oxygens (including phenoxy) is 2. The van der Waals surface area contributed by atoms with Crippen LogP contribution >= 0.6 is 0 Å². The monoisotopic (exact) mass is 291 g/mol. The summed E-state index contributed by atoms with van der Waals surface area (Å²) in [7, 11) is 1.78. The van der Waals surface area contributed by atoms with Gasteiger partial charge in [0.15, 0.2) is 0 Å². The van der Waals surface area contributed by atoms with Gasteiger partial charge in [0.2, 0.25) is 0 Å². The molecule has 1 aliphatic rings. The Bertz CT molecular complexity index is 444. The number of benzene rings is 1. The van der Waals surface area contributed by atoms with Crippen LogP contribution in [-0.2, 0) is 9.47 Å². The number of methoxy groups -OCH3 is 1. The third kappa shape index (κ3) is 4.74. The fraction of sp³-hybridized carbons (Fsp3) is 0.588. The molecule has 0 heterocycles. The molecule has 1 aromatic carbocycles. The summed E-state index contributed by atoms with van der Waals surface area (Å²) in [6.07, 6.45) is 5.75. The van der Waals surface area contributed by atoms with Crippen molar-refractivity contribution in [3.63, 3.8) is 0 Å². The molecule has 1 saturated carbocycles. The zero-order valence-corrected chi connectivity index (χ0v) is 12.9. The van der Waals surface area contributed by atoms with E-state index < -0.39 is 0 Å². The van der Waals surface area contributed by atoms with Crippen LogP contribution in [0, 0.1) is 0 Å². The number of esters is 1. The zero-order chi connectivity index (χ0) is 15.1. The SMILES string of the molecule is CCCOC(=O)c1ccc(NC2CCCC(OC)C2)cc1. The van der Waals surface area contributed by atoms with Gasteiger partial charge in [-0.25, -0.2) is 4.79 Å². The molecule has 1 aliphatic carbocycles. The summed E-state index contributed by atoms with van der Waals surface area (Å²) >= 11 is 0. The van der Waals surface area contributed by atoms with Gasteiger partial charge in [0.05, 0.1) is 18.3 Å². The molecule has 0 amide bonds. The molecule has 1 N–H and O–H groups in total. The largest absolute Gasteiger partial charge is 0.462 e. The summed E-state index contributed by atoms with van der Waals surface area (Å²) < 4.78 is 10.6. The molecule has 116 valence electrons. The summed E-state index contributed by atoms with van der Waals surface area (Å²) in [5, 5.41) is 3.52. The van der Waals surface area contributed by atoms with Crippen molar-refractivity contribution in [1.82, 2.24) is 0 Å². The third-order valence-corrected chi connectivity index (χ3v) is 3.89. The van der Waals surface area contributed by atoms with E-state index in [2.05, 4.69) is 5.32 Å². The summed E-state index contributed by atoms with van der Waals surface area (Å²) in [5.74, 6) is -0.250. The highest BCUT2D eigenvalue weighted by Crippen LogP contribution is 2.24. The van der Waals surface area contributed by atoms with Gasteiger partial charge in [-0.2, -0.15) is 0 Å².